The number of amides is 1. The SMILES string of the molecule is CC1CC(C(=O)O)CN(C(=O)Cc2cc(Cl)c3c(c2)OCCO3)C1. The number of benzene rings is 1. The monoisotopic (exact) mass is 353 g/mol. The van der Waals surface area contributed by atoms with Crippen LogP contribution in [-0.2, 0) is 16.0 Å². The average molecular weight is 354 g/mol. The standard InChI is InChI=1S/C17H20ClNO5/c1-10-4-12(17(21)22)9-19(8-10)15(20)7-11-5-13(18)16-14(6-11)23-2-3-24-16/h5-6,10,12H,2-4,7-9H2,1H3,(H,21,22). The summed E-state index contributed by atoms with van der Waals surface area (Å²) in [6.45, 7) is 3.71. The predicted molar refractivity (Wildman–Crippen MR) is 87.6 cm³/mol. The fraction of sp³-hybridized carbons (Fsp3) is 0.529. The molecule has 0 bridgehead atoms. The Labute approximate surface area is 145 Å². The van der Waals surface area contributed by atoms with Gasteiger partial charge in [0.1, 0.15) is 13.2 Å². The van der Waals surface area contributed by atoms with Crippen molar-refractivity contribution >= 4 is 23.5 Å². The molecule has 2 unspecified atom stereocenters. The minimum atomic E-state index is -0.846. The number of halogens is 1. The molecule has 1 N–H and O–H groups in total. The zero-order valence-corrected chi connectivity index (χ0v) is 14.2. The molecule has 1 aromatic carbocycles. The Balaban J connectivity index is 1.72. The fourth-order valence-electron chi connectivity index (χ4n) is 3.29. The van der Waals surface area contributed by atoms with Crippen molar-refractivity contribution in [2.45, 2.75) is 19.8 Å². The molecule has 0 saturated carbocycles. The molecule has 130 valence electrons. The lowest BCUT2D eigenvalue weighted by Crippen LogP contribution is -2.46. The smallest absolute Gasteiger partial charge is 0.308 e. The Kier molecular flexibility index (Phi) is 4.85. The molecule has 1 amide bonds. The second-order valence-corrected chi connectivity index (χ2v) is 6.86. The number of piperidine rings is 1. The molecule has 7 heteroatoms. The lowest BCUT2D eigenvalue weighted by atomic mass is 9.90. The number of ether oxygens (including phenoxy) is 2. The van der Waals surface area contributed by atoms with Crippen molar-refractivity contribution < 1.29 is 24.2 Å². The van der Waals surface area contributed by atoms with E-state index in [0.717, 1.165) is 5.56 Å². The lowest BCUT2D eigenvalue weighted by molar-refractivity contribution is -0.146. The first-order valence-corrected chi connectivity index (χ1v) is 8.40. The first kappa shape index (κ1) is 16.9. The third kappa shape index (κ3) is 3.59. The highest BCUT2D eigenvalue weighted by molar-refractivity contribution is 6.32. The summed E-state index contributed by atoms with van der Waals surface area (Å²) in [6, 6.07) is 3.47. The van der Waals surface area contributed by atoms with Gasteiger partial charge in [-0.25, -0.2) is 0 Å². The Hall–Kier alpha value is -1.95. The van der Waals surface area contributed by atoms with Crippen molar-refractivity contribution in [3.8, 4) is 11.5 Å². The van der Waals surface area contributed by atoms with E-state index in [2.05, 4.69) is 0 Å². The van der Waals surface area contributed by atoms with Gasteiger partial charge in [-0.2, -0.15) is 0 Å². The number of rotatable bonds is 3. The second-order valence-electron chi connectivity index (χ2n) is 6.45. The largest absolute Gasteiger partial charge is 0.486 e. The molecular weight excluding hydrogens is 334 g/mol. The van der Waals surface area contributed by atoms with Crippen LogP contribution in [0.4, 0.5) is 0 Å². The summed E-state index contributed by atoms with van der Waals surface area (Å²) >= 11 is 6.20. The number of carboxylic acid groups (broad SMARTS) is 1. The third-order valence-corrected chi connectivity index (χ3v) is 4.65. The van der Waals surface area contributed by atoms with E-state index in [4.69, 9.17) is 21.1 Å². The van der Waals surface area contributed by atoms with Gasteiger partial charge < -0.3 is 19.5 Å². The van der Waals surface area contributed by atoms with E-state index >= 15 is 0 Å². The van der Waals surface area contributed by atoms with Crippen LogP contribution in [-0.4, -0.2) is 48.2 Å². The zero-order chi connectivity index (χ0) is 17.3. The molecule has 1 aromatic rings. The van der Waals surface area contributed by atoms with Crippen LogP contribution in [0.2, 0.25) is 5.02 Å². The first-order chi connectivity index (χ1) is 11.4. The van der Waals surface area contributed by atoms with E-state index in [-0.39, 0.29) is 24.8 Å². The number of hydrogen-bond donors (Lipinski definition) is 1. The van der Waals surface area contributed by atoms with Crippen molar-refractivity contribution in [2.24, 2.45) is 11.8 Å². The number of nitrogens with zero attached hydrogens (tertiary/aromatic N) is 1. The summed E-state index contributed by atoms with van der Waals surface area (Å²) in [5, 5.41) is 9.65. The number of carbonyl (C=O) groups excluding carboxylic acids is 1. The van der Waals surface area contributed by atoms with E-state index in [0.29, 0.717) is 42.7 Å². The van der Waals surface area contributed by atoms with Crippen molar-refractivity contribution in [3.05, 3.63) is 22.7 Å². The molecule has 1 saturated heterocycles. The van der Waals surface area contributed by atoms with Crippen LogP contribution in [0.5, 0.6) is 11.5 Å². The predicted octanol–water partition coefficient (Wildman–Crippen LogP) is 2.22. The molecule has 2 atom stereocenters. The van der Waals surface area contributed by atoms with Crippen LogP contribution < -0.4 is 9.47 Å². The topological polar surface area (TPSA) is 76.1 Å². The number of fused-ring (bicyclic) bond motifs is 1. The molecule has 2 aliphatic heterocycles. The van der Waals surface area contributed by atoms with Gasteiger partial charge >= 0.3 is 5.97 Å². The maximum atomic E-state index is 12.6. The van der Waals surface area contributed by atoms with Gasteiger partial charge in [-0.15, -0.1) is 0 Å². The highest BCUT2D eigenvalue weighted by atomic mass is 35.5. The van der Waals surface area contributed by atoms with Gasteiger partial charge in [0.2, 0.25) is 5.91 Å². The Morgan fingerprint density at radius 2 is 2.04 bits per heavy atom. The molecule has 24 heavy (non-hydrogen) atoms. The van der Waals surface area contributed by atoms with Crippen molar-refractivity contribution in [1.82, 2.24) is 4.90 Å². The quantitative estimate of drug-likeness (QED) is 0.901. The van der Waals surface area contributed by atoms with E-state index < -0.39 is 11.9 Å². The van der Waals surface area contributed by atoms with Gasteiger partial charge in [0.05, 0.1) is 17.4 Å². The first-order valence-electron chi connectivity index (χ1n) is 8.02. The van der Waals surface area contributed by atoms with Gasteiger partial charge in [-0.3, -0.25) is 9.59 Å². The molecule has 2 aliphatic rings. The number of carboxylic acids is 1. The molecular formula is C17H20ClNO5. The van der Waals surface area contributed by atoms with E-state index in [9.17, 15) is 14.7 Å². The normalized spacial score (nSPS) is 23.0. The number of hydrogen-bond acceptors (Lipinski definition) is 4. The van der Waals surface area contributed by atoms with Gasteiger partial charge in [0, 0.05) is 13.1 Å². The highest BCUT2D eigenvalue weighted by Gasteiger charge is 2.32. The van der Waals surface area contributed by atoms with Gasteiger partial charge in [0.25, 0.3) is 0 Å². The van der Waals surface area contributed by atoms with Crippen LogP contribution >= 0.6 is 11.6 Å². The molecule has 0 aliphatic carbocycles. The van der Waals surface area contributed by atoms with E-state index in [1.807, 2.05) is 6.92 Å². The highest BCUT2D eigenvalue weighted by Crippen LogP contribution is 2.38. The average Bonchev–Trinajstić information content (AvgIpc) is 2.54. The zero-order valence-electron chi connectivity index (χ0n) is 13.5. The summed E-state index contributed by atoms with van der Waals surface area (Å²) in [4.78, 5) is 25.5. The lowest BCUT2D eigenvalue weighted by Gasteiger charge is -2.34. The van der Waals surface area contributed by atoms with Crippen molar-refractivity contribution in [3.63, 3.8) is 0 Å². The van der Waals surface area contributed by atoms with Crippen molar-refractivity contribution in [1.29, 1.82) is 0 Å². The van der Waals surface area contributed by atoms with Crippen molar-refractivity contribution in [2.75, 3.05) is 26.3 Å². The summed E-state index contributed by atoms with van der Waals surface area (Å²) in [7, 11) is 0. The second kappa shape index (κ2) is 6.89. The Morgan fingerprint density at radius 1 is 1.29 bits per heavy atom. The maximum Gasteiger partial charge on any atom is 0.308 e. The minimum absolute atomic E-state index is 0.0967. The van der Waals surface area contributed by atoms with Crippen LogP contribution in [0.15, 0.2) is 12.1 Å². The molecule has 1 fully saturated rings. The number of likely N-dealkylation sites (tertiary alicyclic amines) is 1. The molecule has 2 heterocycles. The number of aliphatic carboxylic acids is 1. The van der Waals surface area contributed by atoms with Crippen LogP contribution in [0.3, 0.4) is 0 Å². The molecule has 3 rings (SSSR count). The van der Waals surface area contributed by atoms with Crippen LogP contribution in [0.25, 0.3) is 0 Å². The van der Waals surface area contributed by atoms with Gasteiger partial charge in [-0.1, -0.05) is 18.5 Å². The van der Waals surface area contributed by atoms with Gasteiger partial charge in [0.15, 0.2) is 11.5 Å². The maximum absolute atomic E-state index is 12.6. The summed E-state index contributed by atoms with van der Waals surface area (Å²) in [5.74, 6) is -0.208. The fourth-order valence-corrected chi connectivity index (χ4v) is 3.57. The Morgan fingerprint density at radius 3 is 2.79 bits per heavy atom. The number of carbonyl (C=O) groups is 2. The van der Waals surface area contributed by atoms with E-state index in [1.54, 1.807) is 17.0 Å². The molecule has 6 nitrogen and oxygen atoms in total. The molecule has 0 radical (unpaired) electrons. The Bertz CT molecular complexity index is 663. The van der Waals surface area contributed by atoms with Crippen LogP contribution in [0.1, 0.15) is 18.9 Å². The molecule has 0 aromatic heterocycles. The third-order valence-electron chi connectivity index (χ3n) is 4.37. The molecule has 0 spiro atoms. The minimum Gasteiger partial charge on any atom is -0.486 e. The van der Waals surface area contributed by atoms with Crippen LogP contribution in [0, 0.1) is 11.8 Å². The van der Waals surface area contributed by atoms with Gasteiger partial charge in [-0.05, 0) is 30.0 Å². The summed E-state index contributed by atoms with van der Waals surface area (Å²) in [5.41, 5.74) is 0.736. The van der Waals surface area contributed by atoms with E-state index in [1.165, 1.54) is 0 Å². The summed E-state index contributed by atoms with van der Waals surface area (Å²) in [6.07, 6.45) is 0.768. The summed E-state index contributed by atoms with van der Waals surface area (Å²) < 4.78 is 11.0.